The number of aromatic nitrogens is 1. The topological polar surface area (TPSA) is 58.5 Å². The highest BCUT2D eigenvalue weighted by atomic mass is 127. The summed E-state index contributed by atoms with van der Waals surface area (Å²) in [4.78, 5) is 8.58. The van der Waals surface area contributed by atoms with Crippen molar-refractivity contribution >= 4 is 29.9 Å². The second-order valence-corrected chi connectivity index (χ2v) is 3.57. The van der Waals surface area contributed by atoms with Crippen LogP contribution in [-0.2, 0) is 6.54 Å². The lowest BCUT2D eigenvalue weighted by molar-refractivity contribution is 0.397. The van der Waals surface area contributed by atoms with Crippen molar-refractivity contribution < 1.29 is 4.74 Å². The van der Waals surface area contributed by atoms with E-state index in [0.29, 0.717) is 19.0 Å². The van der Waals surface area contributed by atoms with Crippen molar-refractivity contribution in [1.82, 2.24) is 15.6 Å². The molecule has 0 aromatic carbocycles. The van der Waals surface area contributed by atoms with Crippen LogP contribution in [0.5, 0.6) is 5.88 Å². The van der Waals surface area contributed by atoms with Crippen LogP contribution in [-0.4, -0.2) is 31.1 Å². The molecule has 106 valence electrons. The van der Waals surface area contributed by atoms with E-state index in [2.05, 4.69) is 27.2 Å². The third-order valence-electron chi connectivity index (χ3n) is 2.18. The third-order valence-corrected chi connectivity index (χ3v) is 2.18. The van der Waals surface area contributed by atoms with Gasteiger partial charge in [0.15, 0.2) is 5.96 Å². The molecule has 1 aromatic rings. The zero-order valence-electron chi connectivity index (χ0n) is 11.3. The first-order chi connectivity index (χ1) is 8.80. The van der Waals surface area contributed by atoms with Gasteiger partial charge in [0.05, 0.1) is 13.7 Å². The van der Waals surface area contributed by atoms with Gasteiger partial charge in [0.2, 0.25) is 5.88 Å². The molecule has 0 spiro atoms. The molecule has 0 aliphatic rings. The quantitative estimate of drug-likeness (QED) is 0.345. The minimum absolute atomic E-state index is 0. The zero-order chi connectivity index (χ0) is 13.2. The first-order valence-electron chi connectivity index (χ1n) is 5.92. The first kappa shape index (κ1) is 17.7. The Labute approximate surface area is 131 Å². The molecule has 0 amide bonds. The van der Waals surface area contributed by atoms with Gasteiger partial charge in [-0.15, -0.1) is 30.6 Å². The fraction of sp³-hybridized carbons (Fsp3) is 0.385. The Kier molecular flexibility index (Phi) is 9.87. The second kappa shape index (κ2) is 10.6. The number of hydrogen-bond donors (Lipinski definition) is 2. The van der Waals surface area contributed by atoms with Gasteiger partial charge in [-0.25, -0.2) is 9.98 Å². The van der Waals surface area contributed by atoms with E-state index in [9.17, 15) is 0 Å². The number of pyridine rings is 1. The molecule has 6 heteroatoms. The summed E-state index contributed by atoms with van der Waals surface area (Å²) in [6.07, 6.45) is 3.56. The molecule has 0 unspecified atom stereocenters. The molecule has 1 aromatic heterocycles. The first-order valence-corrected chi connectivity index (χ1v) is 5.92. The van der Waals surface area contributed by atoms with Crippen LogP contribution < -0.4 is 15.4 Å². The minimum atomic E-state index is 0. The normalized spacial score (nSPS) is 10.3. The van der Waals surface area contributed by atoms with Gasteiger partial charge in [0.25, 0.3) is 0 Å². The highest BCUT2D eigenvalue weighted by molar-refractivity contribution is 14.0. The maximum absolute atomic E-state index is 5.00. The van der Waals surface area contributed by atoms with Gasteiger partial charge in [-0.1, -0.05) is 12.1 Å². The molecule has 1 rings (SSSR count). The van der Waals surface area contributed by atoms with Crippen LogP contribution in [0.4, 0.5) is 0 Å². The van der Waals surface area contributed by atoms with Gasteiger partial charge in [0, 0.05) is 25.4 Å². The van der Waals surface area contributed by atoms with E-state index in [1.54, 1.807) is 19.4 Å². The Hall–Kier alpha value is -1.31. The predicted molar refractivity (Wildman–Crippen MR) is 89.2 cm³/mol. The number of ether oxygens (including phenoxy) is 1. The summed E-state index contributed by atoms with van der Waals surface area (Å²) in [5.41, 5.74) is 1.03. The minimum Gasteiger partial charge on any atom is -0.481 e. The van der Waals surface area contributed by atoms with Gasteiger partial charge in [-0.2, -0.15) is 0 Å². The molecule has 0 radical (unpaired) electrons. The van der Waals surface area contributed by atoms with Crippen LogP contribution in [0.25, 0.3) is 0 Å². The van der Waals surface area contributed by atoms with Crippen molar-refractivity contribution in [3.8, 4) is 5.88 Å². The van der Waals surface area contributed by atoms with Gasteiger partial charge < -0.3 is 15.4 Å². The lowest BCUT2D eigenvalue weighted by atomic mass is 10.3. The van der Waals surface area contributed by atoms with Crippen LogP contribution in [0.15, 0.2) is 36.0 Å². The molecule has 0 bridgehead atoms. The molecular weight excluding hydrogens is 355 g/mol. The number of nitrogens with zero attached hydrogens (tertiary/aromatic N) is 2. The van der Waals surface area contributed by atoms with Crippen LogP contribution in [0.1, 0.15) is 12.5 Å². The molecule has 0 fully saturated rings. The maximum atomic E-state index is 5.00. The average molecular weight is 376 g/mol. The lowest BCUT2D eigenvalue weighted by Gasteiger charge is -2.09. The molecule has 5 nitrogen and oxygen atoms in total. The molecule has 0 aliphatic carbocycles. The molecular formula is C13H21IN4O. The van der Waals surface area contributed by atoms with Crippen molar-refractivity contribution in [1.29, 1.82) is 0 Å². The Balaban J connectivity index is 0.00000324. The van der Waals surface area contributed by atoms with E-state index in [0.717, 1.165) is 18.1 Å². The summed E-state index contributed by atoms with van der Waals surface area (Å²) >= 11 is 0. The predicted octanol–water partition coefficient (Wildman–Crippen LogP) is 1.95. The Morgan fingerprint density at radius 3 is 2.79 bits per heavy atom. The number of halogens is 1. The third kappa shape index (κ3) is 7.00. The highest BCUT2D eigenvalue weighted by Crippen LogP contribution is 2.07. The summed E-state index contributed by atoms with van der Waals surface area (Å²) in [6.45, 7) is 7.77. The Bertz CT molecular complexity index is 392. The molecule has 2 N–H and O–H groups in total. The SMILES string of the molecule is C=CCNC(=NCc1ccc(OC)nc1)NCC.I. The number of aliphatic imine (C=N–C) groups is 1. The van der Waals surface area contributed by atoms with E-state index in [1.165, 1.54) is 0 Å². The Morgan fingerprint density at radius 2 is 2.26 bits per heavy atom. The largest absolute Gasteiger partial charge is 0.481 e. The molecule has 1 heterocycles. The fourth-order valence-electron chi connectivity index (χ4n) is 1.31. The molecule has 0 aliphatic heterocycles. The number of hydrogen-bond acceptors (Lipinski definition) is 3. The maximum Gasteiger partial charge on any atom is 0.212 e. The number of nitrogens with one attached hydrogen (secondary N) is 2. The van der Waals surface area contributed by atoms with Crippen molar-refractivity contribution in [2.45, 2.75) is 13.5 Å². The van der Waals surface area contributed by atoms with Crippen molar-refractivity contribution in [2.24, 2.45) is 4.99 Å². The lowest BCUT2D eigenvalue weighted by Crippen LogP contribution is -2.37. The average Bonchev–Trinajstić information content (AvgIpc) is 2.42. The zero-order valence-corrected chi connectivity index (χ0v) is 13.7. The van der Waals surface area contributed by atoms with E-state index in [-0.39, 0.29) is 24.0 Å². The van der Waals surface area contributed by atoms with E-state index in [4.69, 9.17) is 4.74 Å². The van der Waals surface area contributed by atoms with Crippen LogP contribution in [0, 0.1) is 0 Å². The van der Waals surface area contributed by atoms with E-state index < -0.39 is 0 Å². The Morgan fingerprint density at radius 1 is 1.47 bits per heavy atom. The summed E-state index contributed by atoms with van der Waals surface area (Å²) in [5, 5.41) is 6.30. The summed E-state index contributed by atoms with van der Waals surface area (Å²) in [5.74, 6) is 1.38. The van der Waals surface area contributed by atoms with Gasteiger partial charge in [-0.3, -0.25) is 0 Å². The smallest absolute Gasteiger partial charge is 0.212 e. The van der Waals surface area contributed by atoms with E-state index >= 15 is 0 Å². The van der Waals surface area contributed by atoms with Crippen molar-refractivity contribution in [2.75, 3.05) is 20.2 Å². The highest BCUT2D eigenvalue weighted by Gasteiger charge is 1.97. The molecule has 0 atom stereocenters. The number of rotatable bonds is 6. The van der Waals surface area contributed by atoms with E-state index in [1.807, 2.05) is 19.1 Å². The van der Waals surface area contributed by atoms with Crippen molar-refractivity contribution in [3.63, 3.8) is 0 Å². The number of methoxy groups -OCH3 is 1. The monoisotopic (exact) mass is 376 g/mol. The number of guanidine groups is 1. The second-order valence-electron chi connectivity index (χ2n) is 3.57. The molecule has 19 heavy (non-hydrogen) atoms. The standard InChI is InChI=1S/C13H20N4O.HI/c1-4-8-15-13(14-5-2)17-10-11-6-7-12(18-3)16-9-11;/h4,6-7,9H,1,5,8,10H2,2-3H3,(H2,14,15,17);1H. The van der Waals surface area contributed by atoms with Crippen LogP contribution in [0.2, 0.25) is 0 Å². The molecule has 0 saturated carbocycles. The van der Waals surface area contributed by atoms with Gasteiger partial charge in [0.1, 0.15) is 0 Å². The van der Waals surface area contributed by atoms with Crippen molar-refractivity contribution in [3.05, 3.63) is 36.5 Å². The summed E-state index contributed by atoms with van der Waals surface area (Å²) < 4.78 is 5.00. The van der Waals surface area contributed by atoms with Gasteiger partial charge in [-0.05, 0) is 12.5 Å². The molecule has 0 saturated heterocycles. The fourth-order valence-corrected chi connectivity index (χ4v) is 1.31. The summed E-state index contributed by atoms with van der Waals surface area (Å²) in [7, 11) is 1.60. The van der Waals surface area contributed by atoms with Gasteiger partial charge >= 0.3 is 0 Å². The van der Waals surface area contributed by atoms with Crippen LogP contribution >= 0.6 is 24.0 Å². The van der Waals surface area contributed by atoms with Crippen LogP contribution in [0.3, 0.4) is 0 Å². The summed E-state index contributed by atoms with van der Waals surface area (Å²) in [6, 6.07) is 3.78.